The van der Waals surface area contributed by atoms with Crippen molar-refractivity contribution in [1.29, 1.82) is 0 Å². The summed E-state index contributed by atoms with van der Waals surface area (Å²) in [5, 5.41) is 0. The summed E-state index contributed by atoms with van der Waals surface area (Å²) in [6.07, 6.45) is 6.38. The topological polar surface area (TPSA) is 66.9 Å². The maximum atomic E-state index is 13.2. The largest absolute Gasteiger partial charge is 0.462 e. The minimum atomic E-state index is -0.156. The van der Waals surface area contributed by atoms with E-state index in [1.54, 1.807) is 22.0 Å². The predicted molar refractivity (Wildman–Crippen MR) is 149 cm³/mol. The number of aryl methyl sites for hydroxylation is 2. The molecule has 2 aromatic carbocycles. The average molecular weight is 509 g/mol. The number of nitrogens with zero attached hydrogens (tertiary/aromatic N) is 2. The lowest BCUT2D eigenvalue weighted by atomic mass is 10.2. The molecule has 0 saturated heterocycles. The van der Waals surface area contributed by atoms with Gasteiger partial charge in [0, 0.05) is 38.3 Å². The van der Waals surface area contributed by atoms with E-state index in [0.717, 1.165) is 22.6 Å². The fourth-order valence-electron chi connectivity index (χ4n) is 3.99. The molecule has 0 aliphatic rings. The van der Waals surface area contributed by atoms with E-state index in [1.165, 1.54) is 12.2 Å². The Morgan fingerprint density at radius 2 is 1.00 bits per heavy atom. The lowest BCUT2D eigenvalue weighted by Crippen LogP contribution is -2.39. The molecule has 0 fully saturated rings. The van der Waals surface area contributed by atoms with Crippen molar-refractivity contribution in [2.75, 3.05) is 13.1 Å². The van der Waals surface area contributed by atoms with Gasteiger partial charge in [-0.15, -0.1) is 0 Å². The highest BCUT2D eigenvalue weighted by molar-refractivity contribution is 5.92. The number of furan rings is 2. The Morgan fingerprint density at radius 3 is 1.34 bits per heavy atom. The van der Waals surface area contributed by atoms with Crippen LogP contribution in [0.2, 0.25) is 0 Å². The molecule has 6 heteroatoms. The van der Waals surface area contributed by atoms with Crippen LogP contribution in [-0.4, -0.2) is 34.7 Å². The zero-order valence-electron chi connectivity index (χ0n) is 21.7. The third-order valence-electron chi connectivity index (χ3n) is 6.00. The van der Waals surface area contributed by atoms with Crippen LogP contribution in [0, 0.1) is 13.8 Å². The van der Waals surface area contributed by atoms with Crippen LogP contribution in [0.15, 0.2) is 106 Å². The zero-order valence-corrected chi connectivity index (χ0v) is 21.7. The Morgan fingerprint density at radius 1 is 0.605 bits per heavy atom. The Bertz CT molecular complexity index is 1280. The molecule has 2 amide bonds. The number of carbonyl (C=O) groups excluding carboxylic acids is 2. The van der Waals surface area contributed by atoms with Crippen LogP contribution in [0.25, 0.3) is 12.2 Å². The molecular weight excluding hydrogens is 476 g/mol. The molecule has 0 unspecified atom stereocenters. The summed E-state index contributed by atoms with van der Waals surface area (Å²) in [4.78, 5) is 30.0. The molecule has 0 aliphatic heterocycles. The average Bonchev–Trinajstić information content (AvgIpc) is 3.55. The van der Waals surface area contributed by atoms with Gasteiger partial charge in [-0.25, -0.2) is 0 Å². The van der Waals surface area contributed by atoms with Gasteiger partial charge in [0.15, 0.2) is 0 Å². The fourth-order valence-corrected chi connectivity index (χ4v) is 3.99. The fraction of sp³-hybridized carbons (Fsp3) is 0.188. The lowest BCUT2D eigenvalue weighted by molar-refractivity contribution is -0.130. The molecule has 194 valence electrons. The van der Waals surface area contributed by atoms with E-state index < -0.39 is 0 Å². The van der Waals surface area contributed by atoms with E-state index in [2.05, 4.69) is 0 Å². The Hall–Kier alpha value is -4.58. The monoisotopic (exact) mass is 508 g/mol. The molecule has 4 aromatic rings. The second kappa shape index (κ2) is 13.1. The third-order valence-corrected chi connectivity index (χ3v) is 6.00. The Kier molecular flexibility index (Phi) is 9.13. The van der Waals surface area contributed by atoms with Gasteiger partial charge >= 0.3 is 0 Å². The van der Waals surface area contributed by atoms with Gasteiger partial charge in [-0.2, -0.15) is 0 Å². The SMILES string of the molecule is Cc1ccc(C=CC(=O)N(CCN(Cc2ccccc2)C(=O)C=Cc2ccc(C)o2)Cc2ccccc2)o1. The third kappa shape index (κ3) is 7.96. The second-order valence-corrected chi connectivity index (χ2v) is 9.05. The van der Waals surface area contributed by atoms with Gasteiger partial charge in [0.25, 0.3) is 0 Å². The standard InChI is InChI=1S/C32H32N2O4/c1-25-13-15-29(37-25)17-19-31(35)33(23-27-9-5-3-6-10-27)21-22-34(24-28-11-7-4-8-12-28)32(36)20-18-30-16-14-26(2)38-30/h3-20H,21-24H2,1-2H3. The van der Waals surface area contributed by atoms with Gasteiger partial charge in [0.1, 0.15) is 23.0 Å². The molecule has 0 saturated carbocycles. The highest BCUT2D eigenvalue weighted by atomic mass is 16.3. The number of amides is 2. The molecule has 0 atom stereocenters. The molecular formula is C32H32N2O4. The maximum Gasteiger partial charge on any atom is 0.247 e. The summed E-state index contributed by atoms with van der Waals surface area (Å²) in [6.45, 7) is 5.30. The van der Waals surface area contributed by atoms with Crippen LogP contribution in [-0.2, 0) is 22.7 Å². The molecule has 38 heavy (non-hydrogen) atoms. The molecule has 4 rings (SSSR count). The molecule has 0 radical (unpaired) electrons. The zero-order chi connectivity index (χ0) is 26.7. The van der Waals surface area contributed by atoms with Gasteiger partial charge < -0.3 is 18.6 Å². The van der Waals surface area contributed by atoms with Gasteiger partial charge in [0.05, 0.1) is 0 Å². The van der Waals surface area contributed by atoms with Crippen molar-refractivity contribution in [2.45, 2.75) is 26.9 Å². The van der Waals surface area contributed by atoms with Crippen LogP contribution in [0.1, 0.15) is 34.2 Å². The molecule has 2 heterocycles. The molecule has 0 aliphatic carbocycles. The number of rotatable bonds is 11. The second-order valence-electron chi connectivity index (χ2n) is 9.05. The summed E-state index contributed by atoms with van der Waals surface area (Å²) >= 11 is 0. The van der Waals surface area contributed by atoms with E-state index in [-0.39, 0.29) is 11.8 Å². The normalized spacial score (nSPS) is 11.3. The van der Waals surface area contributed by atoms with Crippen molar-refractivity contribution in [1.82, 2.24) is 9.80 Å². The highest BCUT2D eigenvalue weighted by Crippen LogP contribution is 2.13. The van der Waals surface area contributed by atoms with Crippen LogP contribution in [0.3, 0.4) is 0 Å². The minimum Gasteiger partial charge on any atom is -0.462 e. The van der Waals surface area contributed by atoms with Crippen molar-refractivity contribution < 1.29 is 18.4 Å². The van der Waals surface area contributed by atoms with Gasteiger partial charge in [-0.1, -0.05) is 60.7 Å². The molecule has 0 spiro atoms. The first-order chi connectivity index (χ1) is 18.5. The molecule has 0 N–H and O–H groups in total. The van der Waals surface area contributed by atoms with Crippen molar-refractivity contribution in [2.24, 2.45) is 0 Å². The predicted octanol–water partition coefficient (Wildman–Crippen LogP) is 6.27. The lowest BCUT2D eigenvalue weighted by Gasteiger charge is -2.27. The van der Waals surface area contributed by atoms with Crippen molar-refractivity contribution in [3.8, 4) is 0 Å². The van der Waals surface area contributed by atoms with E-state index >= 15 is 0 Å². The van der Waals surface area contributed by atoms with E-state index in [1.807, 2.05) is 98.8 Å². The first-order valence-electron chi connectivity index (χ1n) is 12.6. The molecule has 2 aromatic heterocycles. The van der Waals surface area contributed by atoms with Gasteiger partial charge in [-0.05, 0) is 61.4 Å². The van der Waals surface area contributed by atoms with Crippen LogP contribution in [0.4, 0.5) is 0 Å². The first-order valence-corrected chi connectivity index (χ1v) is 12.6. The molecule has 0 bridgehead atoms. The summed E-state index contributed by atoms with van der Waals surface area (Å²) in [5.74, 6) is 2.50. The number of carbonyl (C=O) groups is 2. The summed E-state index contributed by atoms with van der Waals surface area (Å²) in [7, 11) is 0. The van der Waals surface area contributed by atoms with Gasteiger partial charge in [0.2, 0.25) is 11.8 Å². The highest BCUT2D eigenvalue weighted by Gasteiger charge is 2.17. The summed E-state index contributed by atoms with van der Waals surface area (Å²) < 4.78 is 11.1. The van der Waals surface area contributed by atoms with E-state index in [0.29, 0.717) is 37.7 Å². The van der Waals surface area contributed by atoms with E-state index in [4.69, 9.17) is 8.83 Å². The molecule has 6 nitrogen and oxygen atoms in total. The Balaban J connectivity index is 1.51. The van der Waals surface area contributed by atoms with Crippen molar-refractivity contribution in [3.63, 3.8) is 0 Å². The van der Waals surface area contributed by atoms with Gasteiger partial charge in [-0.3, -0.25) is 9.59 Å². The van der Waals surface area contributed by atoms with Crippen LogP contribution >= 0.6 is 0 Å². The maximum absolute atomic E-state index is 13.2. The van der Waals surface area contributed by atoms with Crippen LogP contribution in [0.5, 0.6) is 0 Å². The first kappa shape index (κ1) is 26.5. The number of hydrogen-bond acceptors (Lipinski definition) is 4. The van der Waals surface area contributed by atoms with E-state index in [9.17, 15) is 9.59 Å². The van der Waals surface area contributed by atoms with Crippen LogP contribution < -0.4 is 0 Å². The van der Waals surface area contributed by atoms with Crippen molar-refractivity contribution >= 4 is 24.0 Å². The Labute approximate surface area is 223 Å². The van der Waals surface area contributed by atoms with Crippen molar-refractivity contribution in [3.05, 3.63) is 131 Å². The smallest absolute Gasteiger partial charge is 0.247 e. The minimum absolute atomic E-state index is 0.156. The quantitative estimate of drug-likeness (QED) is 0.224. The summed E-state index contributed by atoms with van der Waals surface area (Å²) in [5.41, 5.74) is 2.02. The number of hydrogen-bond donors (Lipinski definition) is 0. The summed E-state index contributed by atoms with van der Waals surface area (Å²) in [6, 6.07) is 27.0. The number of benzene rings is 2.